The van der Waals surface area contributed by atoms with E-state index in [1.54, 1.807) is 0 Å². The Morgan fingerprint density at radius 2 is 1.50 bits per heavy atom. The molecular formula is C18H44N6. The van der Waals surface area contributed by atoms with Gasteiger partial charge in [-0.1, -0.05) is 39.0 Å². The molecule has 0 saturated carbocycles. The highest BCUT2D eigenvalue weighted by Crippen LogP contribution is 2.06. The summed E-state index contributed by atoms with van der Waals surface area (Å²) in [5.41, 5.74) is 23.1. The third-order valence-corrected chi connectivity index (χ3v) is 4.43. The van der Waals surface area contributed by atoms with Crippen molar-refractivity contribution < 1.29 is 0 Å². The Labute approximate surface area is 150 Å². The van der Waals surface area contributed by atoms with Crippen LogP contribution < -0.4 is 28.3 Å². The minimum absolute atomic E-state index is 0.140. The molecule has 1 atom stereocenters. The lowest BCUT2D eigenvalue weighted by molar-refractivity contribution is 0.184. The summed E-state index contributed by atoms with van der Waals surface area (Å²) in [6, 6.07) is 0. The van der Waals surface area contributed by atoms with E-state index in [2.05, 4.69) is 17.1 Å². The third-order valence-electron chi connectivity index (χ3n) is 4.43. The Morgan fingerprint density at radius 1 is 0.792 bits per heavy atom. The van der Waals surface area contributed by atoms with Gasteiger partial charge in [-0.25, -0.2) is 0 Å². The van der Waals surface area contributed by atoms with Crippen molar-refractivity contribution in [2.24, 2.45) is 22.9 Å². The Hall–Kier alpha value is -0.240. The molecular weight excluding hydrogens is 300 g/mol. The fourth-order valence-corrected chi connectivity index (χ4v) is 2.84. The Balaban J connectivity index is 3.73. The highest BCUT2D eigenvalue weighted by Gasteiger charge is 2.12. The Bertz CT molecular complexity index is 250. The molecule has 146 valence electrons. The minimum atomic E-state index is -0.159. The molecule has 0 amide bonds. The average Bonchev–Trinajstić information content (AvgIpc) is 2.56. The predicted octanol–water partition coefficient (Wildman–Crippen LogP) is 1.29. The van der Waals surface area contributed by atoms with Crippen molar-refractivity contribution in [3.63, 3.8) is 0 Å². The summed E-state index contributed by atoms with van der Waals surface area (Å²) in [5.74, 6) is 0. The summed E-state index contributed by atoms with van der Waals surface area (Å²) >= 11 is 0. The van der Waals surface area contributed by atoms with Crippen LogP contribution >= 0.6 is 0 Å². The second-order valence-corrected chi connectivity index (χ2v) is 6.86. The zero-order valence-corrected chi connectivity index (χ0v) is 16.0. The lowest BCUT2D eigenvalue weighted by Crippen LogP contribution is -2.45. The van der Waals surface area contributed by atoms with Crippen molar-refractivity contribution in [3.05, 3.63) is 0 Å². The molecule has 0 saturated heterocycles. The van der Waals surface area contributed by atoms with Gasteiger partial charge >= 0.3 is 0 Å². The first kappa shape index (κ1) is 23.8. The van der Waals surface area contributed by atoms with Gasteiger partial charge in [0, 0.05) is 6.54 Å². The zero-order chi connectivity index (χ0) is 18.0. The van der Waals surface area contributed by atoms with E-state index in [0.29, 0.717) is 0 Å². The fraction of sp³-hybridized carbons (Fsp3) is 1.00. The highest BCUT2D eigenvalue weighted by molar-refractivity contribution is 4.68. The van der Waals surface area contributed by atoms with Gasteiger partial charge in [-0.3, -0.25) is 4.90 Å². The summed E-state index contributed by atoms with van der Waals surface area (Å²) in [4.78, 5) is 2.41. The first-order chi connectivity index (χ1) is 11.6. The van der Waals surface area contributed by atoms with Gasteiger partial charge in [0.25, 0.3) is 0 Å². The SMILES string of the molecule is CCCCCCN(CCCN)C(N)CCNCCCCCC(N)N. The minimum Gasteiger partial charge on any atom is -0.330 e. The fourth-order valence-electron chi connectivity index (χ4n) is 2.84. The molecule has 0 spiro atoms. The van der Waals surface area contributed by atoms with E-state index in [9.17, 15) is 0 Å². The van der Waals surface area contributed by atoms with Gasteiger partial charge in [-0.15, -0.1) is 0 Å². The van der Waals surface area contributed by atoms with E-state index in [0.717, 1.165) is 58.4 Å². The molecule has 0 aromatic rings. The van der Waals surface area contributed by atoms with E-state index in [4.69, 9.17) is 22.9 Å². The van der Waals surface area contributed by atoms with Crippen LogP contribution in [0, 0.1) is 0 Å². The summed E-state index contributed by atoms with van der Waals surface area (Å²) in [6.07, 6.45) is 11.5. The van der Waals surface area contributed by atoms with Crippen molar-refractivity contribution in [1.82, 2.24) is 10.2 Å². The van der Waals surface area contributed by atoms with Crippen molar-refractivity contribution >= 4 is 0 Å². The van der Waals surface area contributed by atoms with E-state index in [1.165, 1.54) is 38.5 Å². The van der Waals surface area contributed by atoms with E-state index >= 15 is 0 Å². The van der Waals surface area contributed by atoms with Crippen molar-refractivity contribution in [1.29, 1.82) is 0 Å². The molecule has 0 aromatic carbocycles. The van der Waals surface area contributed by atoms with Gasteiger partial charge in [-0.05, 0) is 58.3 Å². The predicted molar refractivity (Wildman–Crippen MR) is 105 cm³/mol. The van der Waals surface area contributed by atoms with Crippen LogP contribution in [-0.4, -0.2) is 50.0 Å². The first-order valence-electron chi connectivity index (χ1n) is 10.0. The van der Waals surface area contributed by atoms with E-state index in [1.807, 2.05) is 0 Å². The van der Waals surface area contributed by atoms with Gasteiger partial charge < -0.3 is 28.3 Å². The molecule has 0 rings (SSSR count). The number of nitrogens with zero attached hydrogens (tertiary/aromatic N) is 1. The molecule has 0 aromatic heterocycles. The van der Waals surface area contributed by atoms with Crippen LogP contribution in [0.5, 0.6) is 0 Å². The second kappa shape index (κ2) is 17.6. The lowest BCUT2D eigenvalue weighted by Gasteiger charge is -2.29. The summed E-state index contributed by atoms with van der Waals surface area (Å²) in [7, 11) is 0. The quantitative estimate of drug-likeness (QED) is 0.189. The normalized spacial score (nSPS) is 13.1. The maximum absolute atomic E-state index is 6.39. The Morgan fingerprint density at radius 3 is 2.17 bits per heavy atom. The van der Waals surface area contributed by atoms with Gasteiger partial charge in [-0.2, -0.15) is 0 Å². The average molecular weight is 345 g/mol. The zero-order valence-electron chi connectivity index (χ0n) is 16.0. The first-order valence-corrected chi connectivity index (χ1v) is 10.0. The van der Waals surface area contributed by atoms with Crippen LogP contribution in [0.3, 0.4) is 0 Å². The number of rotatable bonds is 18. The molecule has 24 heavy (non-hydrogen) atoms. The van der Waals surface area contributed by atoms with Crippen molar-refractivity contribution in [2.75, 3.05) is 32.7 Å². The number of unbranched alkanes of at least 4 members (excludes halogenated alkanes) is 5. The molecule has 0 fully saturated rings. The molecule has 0 aliphatic heterocycles. The van der Waals surface area contributed by atoms with Gasteiger partial charge in [0.05, 0.1) is 12.3 Å². The summed E-state index contributed by atoms with van der Waals surface area (Å²) in [6.45, 7) is 7.12. The number of nitrogens with two attached hydrogens (primary N) is 4. The lowest BCUT2D eigenvalue weighted by atomic mass is 10.1. The molecule has 0 bridgehead atoms. The smallest absolute Gasteiger partial charge is 0.0583 e. The molecule has 0 aliphatic carbocycles. The Kier molecular flexibility index (Phi) is 17.4. The summed E-state index contributed by atoms with van der Waals surface area (Å²) < 4.78 is 0. The largest absolute Gasteiger partial charge is 0.330 e. The summed E-state index contributed by atoms with van der Waals surface area (Å²) in [5, 5.41) is 3.50. The number of nitrogens with one attached hydrogen (secondary N) is 1. The van der Waals surface area contributed by atoms with Gasteiger partial charge in [0.15, 0.2) is 0 Å². The number of hydrogen-bond acceptors (Lipinski definition) is 6. The molecule has 6 nitrogen and oxygen atoms in total. The van der Waals surface area contributed by atoms with E-state index < -0.39 is 0 Å². The maximum atomic E-state index is 6.39. The molecule has 9 N–H and O–H groups in total. The molecule has 1 unspecified atom stereocenters. The second-order valence-electron chi connectivity index (χ2n) is 6.86. The standard InChI is InChI=1S/C18H44N6/c1-2-3-4-8-15-24(16-9-12-19)18(22)11-14-23-13-7-5-6-10-17(20)21/h17-18,23H,2-16,19-22H2,1H3. The van der Waals surface area contributed by atoms with Gasteiger partial charge in [0.1, 0.15) is 0 Å². The molecule has 6 heteroatoms. The third kappa shape index (κ3) is 15.3. The van der Waals surface area contributed by atoms with Crippen LogP contribution in [0.15, 0.2) is 0 Å². The van der Waals surface area contributed by atoms with Crippen LogP contribution in [0.1, 0.15) is 71.1 Å². The maximum Gasteiger partial charge on any atom is 0.0583 e. The van der Waals surface area contributed by atoms with Gasteiger partial charge in [0.2, 0.25) is 0 Å². The molecule has 0 heterocycles. The number of hydrogen-bond donors (Lipinski definition) is 5. The highest BCUT2D eigenvalue weighted by atomic mass is 15.2. The van der Waals surface area contributed by atoms with Crippen LogP contribution in [0.25, 0.3) is 0 Å². The monoisotopic (exact) mass is 344 g/mol. The van der Waals surface area contributed by atoms with Crippen molar-refractivity contribution in [3.8, 4) is 0 Å². The molecule has 0 radical (unpaired) electrons. The topological polar surface area (TPSA) is 119 Å². The molecule has 0 aliphatic rings. The van der Waals surface area contributed by atoms with Crippen molar-refractivity contribution in [2.45, 2.75) is 83.5 Å². The van der Waals surface area contributed by atoms with E-state index in [-0.39, 0.29) is 12.3 Å². The van der Waals surface area contributed by atoms with Crippen LogP contribution in [0.4, 0.5) is 0 Å². The van der Waals surface area contributed by atoms with Crippen LogP contribution in [-0.2, 0) is 0 Å². The van der Waals surface area contributed by atoms with Crippen LogP contribution in [0.2, 0.25) is 0 Å².